The Morgan fingerprint density at radius 1 is 1.50 bits per heavy atom. The number of hydrogen-bond donors (Lipinski definition) is 1. The van der Waals surface area contributed by atoms with Gasteiger partial charge in [0, 0.05) is 12.3 Å². The van der Waals surface area contributed by atoms with Gasteiger partial charge < -0.3 is 5.11 Å². The van der Waals surface area contributed by atoms with Gasteiger partial charge in [0.25, 0.3) is 5.69 Å². The first kappa shape index (κ1) is 12.2. The lowest BCUT2D eigenvalue weighted by Gasteiger charge is -2.03. The number of nitrogens with zero attached hydrogens (tertiary/aromatic N) is 3. The lowest BCUT2D eigenvalue weighted by atomic mass is 10.1. The summed E-state index contributed by atoms with van der Waals surface area (Å²) in [4.78, 5) is 20.9. The summed E-state index contributed by atoms with van der Waals surface area (Å²) in [7, 11) is 0. The van der Waals surface area contributed by atoms with Gasteiger partial charge in [0.2, 0.25) is 0 Å². The molecular formula is C10H6BrN3O4. The molecule has 0 saturated heterocycles. The normalized spacial score (nSPS) is 10.3. The largest absolute Gasteiger partial charge is 0.477 e. The van der Waals surface area contributed by atoms with E-state index in [-0.39, 0.29) is 5.56 Å². The molecule has 0 radical (unpaired) electrons. The number of carboxylic acid groups (broad SMARTS) is 1. The van der Waals surface area contributed by atoms with Crippen molar-refractivity contribution >= 4 is 27.6 Å². The van der Waals surface area contributed by atoms with Crippen LogP contribution < -0.4 is 0 Å². The van der Waals surface area contributed by atoms with E-state index in [9.17, 15) is 14.9 Å². The molecular weight excluding hydrogens is 306 g/mol. The minimum absolute atomic E-state index is 0.371. The van der Waals surface area contributed by atoms with Gasteiger partial charge in [-0.2, -0.15) is 5.10 Å². The van der Waals surface area contributed by atoms with Crippen LogP contribution in [-0.4, -0.2) is 25.8 Å². The molecule has 8 heteroatoms. The van der Waals surface area contributed by atoms with E-state index >= 15 is 0 Å². The molecule has 92 valence electrons. The van der Waals surface area contributed by atoms with Gasteiger partial charge in [0.15, 0.2) is 0 Å². The van der Waals surface area contributed by atoms with E-state index < -0.39 is 16.6 Å². The topological polar surface area (TPSA) is 98.3 Å². The highest BCUT2D eigenvalue weighted by atomic mass is 79.9. The van der Waals surface area contributed by atoms with Gasteiger partial charge in [-0.05, 0) is 28.1 Å². The van der Waals surface area contributed by atoms with Gasteiger partial charge >= 0.3 is 5.97 Å². The Morgan fingerprint density at radius 2 is 2.22 bits per heavy atom. The van der Waals surface area contributed by atoms with Gasteiger partial charge in [-0.25, -0.2) is 9.48 Å². The van der Waals surface area contributed by atoms with Gasteiger partial charge in [0.05, 0.1) is 21.3 Å². The molecule has 0 spiro atoms. The molecule has 0 amide bonds. The van der Waals surface area contributed by atoms with E-state index in [1.807, 2.05) is 0 Å². The molecule has 0 aliphatic rings. The van der Waals surface area contributed by atoms with Crippen molar-refractivity contribution in [3.05, 3.63) is 50.7 Å². The Kier molecular flexibility index (Phi) is 3.11. The number of hydrogen-bond acceptors (Lipinski definition) is 4. The van der Waals surface area contributed by atoms with Crippen molar-refractivity contribution in [2.24, 2.45) is 0 Å². The van der Waals surface area contributed by atoms with E-state index in [0.29, 0.717) is 5.69 Å². The van der Waals surface area contributed by atoms with Crippen LogP contribution in [0.3, 0.4) is 0 Å². The summed E-state index contributed by atoms with van der Waals surface area (Å²) in [6.07, 6.45) is 3.15. The maximum absolute atomic E-state index is 11.0. The number of rotatable bonds is 3. The number of nitro groups is 1. The second kappa shape index (κ2) is 4.57. The number of aromatic carboxylic acids is 1. The third-order valence-corrected chi connectivity index (χ3v) is 2.63. The summed E-state index contributed by atoms with van der Waals surface area (Å²) in [5, 5.41) is 23.6. The number of aromatic nitrogens is 2. The van der Waals surface area contributed by atoms with E-state index in [2.05, 4.69) is 21.0 Å². The highest BCUT2D eigenvalue weighted by molar-refractivity contribution is 9.10. The Bertz CT molecular complexity index is 638. The van der Waals surface area contributed by atoms with Crippen LogP contribution in [0.1, 0.15) is 10.4 Å². The Balaban J connectivity index is 2.56. The predicted octanol–water partition coefficient (Wildman–Crippen LogP) is 2.24. The van der Waals surface area contributed by atoms with Crippen molar-refractivity contribution in [2.75, 3.05) is 0 Å². The summed E-state index contributed by atoms with van der Waals surface area (Å²) < 4.78 is 2.14. The Morgan fingerprint density at radius 3 is 2.72 bits per heavy atom. The first-order chi connectivity index (χ1) is 8.49. The minimum atomic E-state index is -1.35. The molecule has 2 rings (SSSR count). The van der Waals surface area contributed by atoms with Crippen LogP contribution in [0.15, 0.2) is 35.1 Å². The smallest absolute Gasteiger partial charge is 0.342 e. The lowest BCUT2D eigenvalue weighted by Crippen LogP contribution is -2.05. The van der Waals surface area contributed by atoms with Crippen molar-refractivity contribution < 1.29 is 14.8 Å². The van der Waals surface area contributed by atoms with Crippen LogP contribution in [0.4, 0.5) is 5.69 Å². The number of halogens is 1. The van der Waals surface area contributed by atoms with Crippen molar-refractivity contribution in [3.8, 4) is 5.69 Å². The van der Waals surface area contributed by atoms with Crippen LogP contribution in [0.25, 0.3) is 5.69 Å². The van der Waals surface area contributed by atoms with Crippen LogP contribution in [0.2, 0.25) is 0 Å². The Hall–Kier alpha value is -2.22. The number of carbonyl (C=O) groups is 1. The van der Waals surface area contributed by atoms with Gasteiger partial charge in [-0.3, -0.25) is 10.1 Å². The van der Waals surface area contributed by atoms with Crippen LogP contribution in [-0.2, 0) is 0 Å². The lowest BCUT2D eigenvalue weighted by molar-refractivity contribution is -0.385. The molecule has 1 aromatic heterocycles. The van der Waals surface area contributed by atoms with E-state index in [4.69, 9.17) is 5.11 Å². The van der Waals surface area contributed by atoms with E-state index in [1.54, 1.807) is 6.20 Å². The van der Waals surface area contributed by atoms with E-state index in [1.165, 1.54) is 23.0 Å². The van der Waals surface area contributed by atoms with Crippen LogP contribution in [0.5, 0.6) is 0 Å². The molecule has 0 aliphatic carbocycles. The standard InChI is InChI=1S/C10H6BrN3O4/c11-6-4-12-13(5-6)7-1-2-9(14(17)18)8(3-7)10(15)16/h1-5H,(H,15,16). The summed E-state index contributed by atoms with van der Waals surface area (Å²) in [6, 6.07) is 3.79. The third-order valence-electron chi connectivity index (χ3n) is 2.22. The molecule has 1 N–H and O–H groups in total. The zero-order valence-electron chi connectivity index (χ0n) is 8.78. The zero-order valence-corrected chi connectivity index (χ0v) is 10.4. The molecule has 0 fully saturated rings. The molecule has 0 atom stereocenters. The number of nitro benzene ring substituents is 1. The van der Waals surface area contributed by atoms with Crippen LogP contribution >= 0.6 is 15.9 Å². The first-order valence-electron chi connectivity index (χ1n) is 4.71. The average molecular weight is 312 g/mol. The third kappa shape index (κ3) is 2.23. The minimum Gasteiger partial charge on any atom is -0.477 e. The van der Waals surface area contributed by atoms with Crippen molar-refractivity contribution in [1.82, 2.24) is 9.78 Å². The van der Waals surface area contributed by atoms with Crippen molar-refractivity contribution in [3.63, 3.8) is 0 Å². The first-order valence-corrected chi connectivity index (χ1v) is 5.50. The predicted molar refractivity (Wildman–Crippen MR) is 64.9 cm³/mol. The second-order valence-corrected chi connectivity index (χ2v) is 4.28. The monoisotopic (exact) mass is 311 g/mol. The summed E-state index contributed by atoms with van der Waals surface area (Å²) in [6.45, 7) is 0. The van der Waals surface area contributed by atoms with Gasteiger partial charge in [-0.1, -0.05) is 0 Å². The maximum Gasteiger partial charge on any atom is 0.342 e. The average Bonchev–Trinajstić information content (AvgIpc) is 2.75. The molecule has 0 aliphatic heterocycles. The summed E-state index contributed by atoms with van der Waals surface area (Å²) in [5.41, 5.74) is -0.384. The second-order valence-electron chi connectivity index (χ2n) is 3.37. The fourth-order valence-corrected chi connectivity index (χ4v) is 1.72. The highest BCUT2D eigenvalue weighted by Gasteiger charge is 2.20. The maximum atomic E-state index is 11.0. The highest BCUT2D eigenvalue weighted by Crippen LogP contribution is 2.22. The SMILES string of the molecule is O=C(O)c1cc(-n2cc(Br)cn2)ccc1[N+](=O)[O-]. The molecule has 2 aromatic rings. The quantitative estimate of drug-likeness (QED) is 0.692. The number of benzene rings is 1. The summed E-state index contributed by atoms with van der Waals surface area (Å²) >= 11 is 3.21. The Labute approximate surface area is 109 Å². The molecule has 7 nitrogen and oxygen atoms in total. The molecule has 0 unspecified atom stereocenters. The van der Waals surface area contributed by atoms with Crippen molar-refractivity contribution in [2.45, 2.75) is 0 Å². The molecule has 18 heavy (non-hydrogen) atoms. The fraction of sp³-hybridized carbons (Fsp3) is 0. The van der Waals surface area contributed by atoms with E-state index in [0.717, 1.165) is 10.5 Å². The van der Waals surface area contributed by atoms with Crippen LogP contribution in [0, 0.1) is 10.1 Å². The van der Waals surface area contributed by atoms with Crippen molar-refractivity contribution in [1.29, 1.82) is 0 Å². The fourth-order valence-electron chi connectivity index (χ4n) is 1.44. The molecule has 0 saturated carbocycles. The summed E-state index contributed by atoms with van der Waals surface area (Å²) in [5.74, 6) is -1.35. The number of carboxylic acids is 1. The van der Waals surface area contributed by atoms with Gasteiger partial charge in [0.1, 0.15) is 5.56 Å². The molecule has 1 aromatic carbocycles. The van der Waals surface area contributed by atoms with Gasteiger partial charge in [-0.15, -0.1) is 0 Å². The molecule has 1 heterocycles. The molecule has 0 bridgehead atoms. The zero-order chi connectivity index (χ0) is 13.3.